The van der Waals surface area contributed by atoms with E-state index in [1.165, 1.54) is 12.1 Å². The lowest BCUT2D eigenvalue weighted by Crippen LogP contribution is -2.12. The van der Waals surface area contributed by atoms with Gasteiger partial charge in [0.25, 0.3) is 0 Å². The quantitative estimate of drug-likeness (QED) is 0.737. The highest BCUT2D eigenvalue weighted by Gasteiger charge is 2.16. The SMILES string of the molecule is Cc1cncc(-n2c(C(C)N)nc3ccc(F)cc32)c1.N=S(=O)=O. The Hall–Kier alpha value is -2.65. The zero-order chi connectivity index (χ0) is 17.9. The molecule has 2 aromatic heterocycles. The first-order valence-corrected chi connectivity index (χ1v) is 8.03. The molecule has 2 heterocycles. The van der Waals surface area contributed by atoms with Crippen LogP contribution >= 0.6 is 0 Å². The third-order valence-corrected chi connectivity index (χ3v) is 3.17. The molecule has 0 aliphatic heterocycles. The lowest BCUT2D eigenvalue weighted by atomic mass is 10.2. The second-order valence-corrected chi connectivity index (χ2v) is 5.65. The predicted octanol–water partition coefficient (Wildman–Crippen LogP) is 2.52. The molecule has 7 nitrogen and oxygen atoms in total. The summed E-state index contributed by atoms with van der Waals surface area (Å²) >= 11 is 0. The van der Waals surface area contributed by atoms with Crippen LogP contribution in [0.25, 0.3) is 16.7 Å². The van der Waals surface area contributed by atoms with Crippen molar-refractivity contribution >= 4 is 21.5 Å². The van der Waals surface area contributed by atoms with Crippen LogP contribution in [-0.4, -0.2) is 23.0 Å². The van der Waals surface area contributed by atoms with Gasteiger partial charge in [0.1, 0.15) is 11.6 Å². The number of nitrogens with two attached hydrogens (primary N) is 1. The van der Waals surface area contributed by atoms with E-state index in [4.69, 9.17) is 18.9 Å². The molecule has 1 unspecified atom stereocenters. The fourth-order valence-corrected chi connectivity index (χ4v) is 2.31. The Morgan fingerprint density at radius 2 is 1.96 bits per heavy atom. The van der Waals surface area contributed by atoms with Crippen LogP contribution in [0.4, 0.5) is 4.39 Å². The van der Waals surface area contributed by atoms with Crippen LogP contribution in [0.3, 0.4) is 0 Å². The molecule has 3 aromatic rings. The number of hydrogen-bond donors (Lipinski definition) is 2. The first-order chi connectivity index (χ1) is 11.3. The fourth-order valence-electron chi connectivity index (χ4n) is 2.31. The molecular weight excluding hydrogens is 333 g/mol. The lowest BCUT2D eigenvalue weighted by molar-refractivity contribution is 0.620. The molecule has 9 heteroatoms. The number of nitrogens with zero attached hydrogens (tertiary/aromatic N) is 3. The third-order valence-electron chi connectivity index (χ3n) is 3.17. The molecule has 0 bridgehead atoms. The van der Waals surface area contributed by atoms with E-state index >= 15 is 0 Å². The summed E-state index contributed by atoms with van der Waals surface area (Å²) in [5, 5.41) is 0. The Morgan fingerprint density at radius 1 is 1.29 bits per heavy atom. The lowest BCUT2D eigenvalue weighted by Gasteiger charge is -2.11. The largest absolute Gasteiger partial charge is 0.322 e. The highest BCUT2D eigenvalue weighted by Crippen LogP contribution is 2.25. The Morgan fingerprint density at radius 3 is 2.54 bits per heavy atom. The van der Waals surface area contributed by atoms with Gasteiger partial charge in [-0.1, -0.05) is 0 Å². The monoisotopic (exact) mass is 349 g/mol. The van der Waals surface area contributed by atoms with E-state index in [9.17, 15) is 4.39 Å². The fraction of sp³-hybridized carbons (Fsp3) is 0.200. The van der Waals surface area contributed by atoms with Crippen molar-refractivity contribution in [3.63, 3.8) is 0 Å². The average Bonchev–Trinajstić information content (AvgIpc) is 2.85. The van der Waals surface area contributed by atoms with E-state index in [1.807, 2.05) is 24.5 Å². The number of imidazole rings is 1. The van der Waals surface area contributed by atoms with Gasteiger partial charge in [0.2, 0.25) is 0 Å². The summed E-state index contributed by atoms with van der Waals surface area (Å²) in [5.41, 5.74) is 9.28. The summed E-state index contributed by atoms with van der Waals surface area (Å²) in [7, 11) is -2.61. The minimum absolute atomic E-state index is 0.258. The van der Waals surface area contributed by atoms with Crippen molar-refractivity contribution in [3.8, 4) is 5.69 Å². The maximum atomic E-state index is 13.5. The summed E-state index contributed by atoms with van der Waals surface area (Å²) < 4.78 is 38.2. The van der Waals surface area contributed by atoms with Gasteiger partial charge >= 0.3 is 10.5 Å². The van der Waals surface area contributed by atoms with E-state index in [0.29, 0.717) is 11.3 Å². The first-order valence-electron chi connectivity index (χ1n) is 6.95. The number of aryl methyl sites for hydroxylation is 1. The van der Waals surface area contributed by atoms with Crippen molar-refractivity contribution < 1.29 is 12.8 Å². The van der Waals surface area contributed by atoms with Crippen LogP contribution in [-0.2, 0) is 10.5 Å². The first kappa shape index (κ1) is 17.7. The molecule has 1 atom stereocenters. The molecule has 0 fully saturated rings. The minimum Gasteiger partial charge on any atom is -0.322 e. The summed E-state index contributed by atoms with van der Waals surface area (Å²) in [6.07, 6.45) is 3.50. The van der Waals surface area contributed by atoms with Crippen LogP contribution in [0.15, 0.2) is 36.7 Å². The number of halogens is 1. The summed E-state index contributed by atoms with van der Waals surface area (Å²) in [6, 6.07) is 6.25. The van der Waals surface area contributed by atoms with Crippen LogP contribution in [0.2, 0.25) is 0 Å². The molecule has 126 valence electrons. The second-order valence-electron chi connectivity index (χ2n) is 5.18. The van der Waals surface area contributed by atoms with Gasteiger partial charge in [-0.3, -0.25) is 9.55 Å². The molecule has 0 aliphatic carbocycles. The highest BCUT2D eigenvalue weighted by atomic mass is 32.2. The molecule has 0 radical (unpaired) electrons. The van der Waals surface area contributed by atoms with Gasteiger partial charge in [0, 0.05) is 12.3 Å². The zero-order valence-electron chi connectivity index (χ0n) is 13.1. The number of fused-ring (bicyclic) bond motifs is 1. The molecule has 0 amide bonds. The summed E-state index contributed by atoms with van der Waals surface area (Å²) in [5.74, 6) is 0.397. The summed E-state index contributed by atoms with van der Waals surface area (Å²) in [4.78, 5) is 8.69. The van der Waals surface area contributed by atoms with Gasteiger partial charge in [-0.05, 0) is 37.6 Å². The number of pyridine rings is 1. The Kier molecular flexibility index (Phi) is 5.37. The number of rotatable bonds is 2. The maximum Gasteiger partial charge on any atom is 0.308 e. The molecule has 1 aromatic carbocycles. The minimum atomic E-state index is -2.61. The Bertz CT molecular complexity index is 976. The van der Waals surface area contributed by atoms with Crippen LogP contribution in [0.1, 0.15) is 24.4 Å². The van der Waals surface area contributed by atoms with Crippen LogP contribution in [0, 0.1) is 17.5 Å². The number of benzene rings is 1. The van der Waals surface area contributed by atoms with Gasteiger partial charge in [-0.2, -0.15) is 13.2 Å². The van der Waals surface area contributed by atoms with Gasteiger partial charge in [-0.25, -0.2) is 9.37 Å². The average molecular weight is 349 g/mol. The van der Waals surface area contributed by atoms with Gasteiger partial charge in [0.15, 0.2) is 0 Å². The van der Waals surface area contributed by atoms with Gasteiger partial charge in [0.05, 0.1) is 29.0 Å². The molecule has 0 spiro atoms. The van der Waals surface area contributed by atoms with Crippen molar-refractivity contribution in [1.82, 2.24) is 14.5 Å². The van der Waals surface area contributed by atoms with Gasteiger partial charge in [-0.15, -0.1) is 0 Å². The number of aromatic nitrogens is 3. The van der Waals surface area contributed by atoms with Crippen LogP contribution < -0.4 is 5.73 Å². The maximum absolute atomic E-state index is 13.5. The highest BCUT2D eigenvalue weighted by molar-refractivity contribution is 7.60. The normalized spacial score (nSPS) is 11.7. The Labute approximate surface area is 139 Å². The van der Waals surface area contributed by atoms with E-state index in [-0.39, 0.29) is 11.9 Å². The molecule has 24 heavy (non-hydrogen) atoms. The Balaban J connectivity index is 0.000000471. The van der Waals surface area contributed by atoms with Crippen molar-refractivity contribution in [2.45, 2.75) is 19.9 Å². The predicted molar refractivity (Wildman–Crippen MR) is 87.8 cm³/mol. The molecule has 0 saturated carbocycles. The van der Waals surface area contributed by atoms with Crippen molar-refractivity contribution in [2.24, 2.45) is 5.73 Å². The molecule has 0 saturated heterocycles. The topological polar surface area (TPSA) is 115 Å². The molecule has 3 rings (SSSR count). The van der Waals surface area contributed by atoms with E-state index in [2.05, 4.69) is 9.97 Å². The third kappa shape index (κ3) is 4.00. The van der Waals surface area contributed by atoms with Crippen molar-refractivity contribution in [2.75, 3.05) is 0 Å². The molecule has 3 N–H and O–H groups in total. The van der Waals surface area contributed by atoms with E-state index < -0.39 is 10.5 Å². The van der Waals surface area contributed by atoms with E-state index in [0.717, 1.165) is 16.8 Å². The van der Waals surface area contributed by atoms with Crippen molar-refractivity contribution in [1.29, 1.82) is 4.78 Å². The van der Waals surface area contributed by atoms with Gasteiger partial charge < -0.3 is 5.73 Å². The van der Waals surface area contributed by atoms with Crippen molar-refractivity contribution in [3.05, 3.63) is 53.9 Å². The smallest absolute Gasteiger partial charge is 0.308 e. The molecule has 0 aliphatic rings. The number of hydrogen-bond acceptors (Lipinski definition) is 6. The standard InChI is InChI=1S/C15H15FN4.HNO2S/c1-9-5-12(8-18-7-9)20-14-6-11(16)3-4-13(14)19-15(20)10(2)17;1-4(2)3/h3-8,10H,17H2,1-2H3;1H. The van der Waals surface area contributed by atoms with E-state index in [1.54, 1.807) is 18.5 Å². The van der Waals surface area contributed by atoms with Crippen LogP contribution in [0.5, 0.6) is 0 Å². The number of nitrogens with one attached hydrogen (secondary N) is 1. The summed E-state index contributed by atoms with van der Waals surface area (Å²) in [6.45, 7) is 3.82. The zero-order valence-corrected chi connectivity index (χ0v) is 13.9. The molecular formula is C15H16FN5O2S. The second kappa shape index (κ2) is 7.28.